The molecule has 1 aromatic heterocycles. The third kappa shape index (κ3) is 3.35. The van der Waals surface area contributed by atoms with Crippen molar-refractivity contribution >= 4 is 15.9 Å². The fourth-order valence-corrected chi connectivity index (χ4v) is 2.99. The molecule has 1 atom stereocenters. The van der Waals surface area contributed by atoms with Gasteiger partial charge in [-0.3, -0.25) is 4.79 Å². The average Bonchev–Trinajstić information content (AvgIpc) is 2.83. The van der Waals surface area contributed by atoms with Crippen molar-refractivity contribution in [2.24, 2.45) is 0 Å². The monoisotopic (exact) mass is 302 g/mol. The minimum Gasteiger partial charge on any atom is -0.375 e. The van der Waals surface area contributed by atoms with Crippen LogP contribution in [-0.2, 0) is 26.1 Å². The van der Waals surface area contributed by atoms with Gasteiger partial charge in [-0.15, -0.1) is 0 Å². The standard InChI is InChI=1S/C11H18N4O4S/c1-19-7-11(16)13-4-10-6-14(20(2,17)18)5-9-3-12-8-15(9)10/h3,8,10H,4-7H2,1-2H3,(H,13,16). The van der Waals surface area contributed by atoms with Crippen LogP contribution in [0, 0.1) is 0 Å². The van der Waals surface area contributed by atoms with E-state index in [0.717, 1.165) is 5.69 Å². The molecule has 20 heavy (non-hydrogen) atoms. The van der Waals surface area contributed by atoms with Crippen molar-refractivity contribution in [1.29, 1.82) is 0 Å². The highest BCUT2D eigenvalue weighted by Crippen LogP contribution is 2.22. The van der Waals surface area contributed by atoms with Gasteiger partial charge in [0.25, 0.3) is 0 Å². The summed E-state index contributed by atoms with van der Waals surface area (Å²) in [6, 6.07) is -0.170. The molecule has 0 aliphatic carbocycles. The summed E-state index contributed by atoms with van der Waals surface area (Å²) in [7, 11) is -1.83. The maximum absolute atomic E-state index is 11.7. The van der Waals surface area contributed by atoms with Crippen molar-refractivity contribution in [3.05, 3.63) is 18.2 Å². The normalized spacial score (nSPS) is 19.6. The Hall–Kier alpha value is -1.45. The van der Waals surface area contributed by atoms with Crippen LogP contribution in [0.15, 0.2) is 12.5 Å². The van der Waals surface area contributed by atoms with Crippen molar-refractivity contribution in [3.8, 4) is 0 Å². The molecule has 112 valence electrons. The maximum atomic E-state index is 11.7. The molecule has 9 heteroatoms. The summed E-state index contributed by atoms with van der Waals surface area (Å²) in [4.78, 5) is 15.5. The van der Waals surface area contributed by atoms with E-state index in [1.54, 1.807) is 12.5 Å². The van der Waals surface area contributed by atoms with Gasteiger partial charge in [0, 0.05) is 26.4 Å². The fourth-order valence-electron chi connectivity index (χ4n) is 2.18. The minimum absolute atomic E-state index is 0.0146. The van der Waals surface area contributed by atoms with Crippen molar-refractivity contribution < 1.29 is 17.9 Å². The third-order valence-corrected chi connectivity index (χ3v) is 4.39. The number of carbonyl (C=O) groups is 1. The van der Waals surface area contributed by atoms with Gasteiger partial charge < -0.3 is 14.6 Å². The summed E-state index contributed by atoms with van der Waals surface area (Å²) in [5.74, 6) is -0.231. The highest BCUT2D eigenvalue weighted by atomic mass is 32.2. The SMILES string of the molecule is COCC(=O)NCC1CN(S(C)(=O)=O)Cc2cncn21. The van der Waals surface area contributed by atoms with Gasteiger partial charge in [-0.25, -0.2) is 13.4 Å². The number of nitrogens with one attached hydrogen (secondary N) is 1. The number of aromatic nitrogens is 2. The van der Waals surface area contributed by atoms with Gasteiger partial charge in [-0.2, -0.15) is 4.31 Å². The molecular formula is C11H18N4O4S. The molecule has 1 amide bonds. The minimum atomic E-state index is -3.27. The Morgan fingerprint density at radius 1 is 1.60 bits per heavy atom. The Bertz CT molecular complexity index is 583. The van der Waals surface area contributed by atoms with Gasteiger partial charge in [0.1, 0.15) is 6.61 Å². The molecule has 1 aliphatic rings. The van der Waals surface area contributed by atoms with Crippen LogP contribution in [-0.4, -0.2) is 61.2 Å². The number of hydrogen-bond donors (Lipinski definition) is 1. The molecule has 1 aliphatic heterocycles. The first-order valence-corrected chi connectivity index (χ1v) is 7.98. The van der Waals surface area contributed by atoms with E-state index in [2.05, 4.69) is 10.3 Å². The van der Waals surface area contributed by atoms with Crippen molar-refractivity contribution in [1.82, 2.24) is 19.2 Å². The van der Waals surface area contributed by atoms with Crippen LogP contribution in [0.2, 0.25) is 0 Å². The molecule has 0 fully saturated rings. The number of imidazole rings is 1. The average molecular weight is 302 g/mol. The number of ether oxygens (including phenoxy) is 1. The Morgan fingerprint density at radius 3 is 3.00 bits per heavy atom. The predicted octanol–water partition coefficient (Wildman–Crippen LogP) is -1.04. The third-order valence-electron chi connectivity index (χ3n) is 3.17. The number of methoxy groups -OCH3 is 1. The van der Waals surface area contributed by atoms with Crippen LogP contribution in [0.3, 0.4) is 0 Å². The van der Waals surface area contributed by atoms with Crippen molar-refractivity contribution in [2.75, 3.05) is 33.1 Å². The van der Waals surface area contributed by atoms with Crippen LogP contribution >= 0.6 is 0 Å². The molecule has 8 nitrogen and oxygen atoms in total. The van der Waals surface area contributed by atoms with Crippen molar-refractivity contribution in [3.63, 3.8) is 0 Å². The van der Waals surface area contributed by atoms with E-state index < -0.39 is 10.0 Å². The first-order chi connectivity index (χ1) is 9.41. The quantitative estimate of drug-likeness (QED) is 0.750. The zero-order chi connectivity index (χ0) is 14.8. The van der Waals surface area contributed by atoms with Gasteiger partial charge >= 0.3 is 0 Å². The van der Waals surface area contributed by atoms with E-state index in [-0.39, 0.29) is 18.6 Å². The van der Waals surface area contributed by atoms with E-state index >= 15 is 0 Å². The van der Waals surface area contributed by atoms with Crippen LogP contribution in [0.1, 0.15) is 11.7 Å². The lowest BCUT2D eigenvalue weighted by atomic mass is 10.2. The summed E-state index contributed by atoms with van der Waals surface area (Å²) < 4.78 is 31.4. The molecule has 0 aromatic carbocycles. The summed E-state index contributed by atoms with van der Waals surface area (Å²) >= 11 is 0. The number of sulfonamides is 1. The number of nitrogens with zero attached hydrogens (tertiary/aromatic N) is 3. The van der Waals surface area contributed by atoms with Gasteiger partial charge in [0.2, 0.25) is 15.9 Å². The Morgan fingerprint density at radius 2 is 2.35 bits per heavy atom. The van der Waals surface area contributed by atoms with E-state index in [4.69, 9.17) is 4.74 Å². The second kappa shape index (κ2) is 5.90. The van der Waals surface area contributed by atoms with Gasteiger partial charge in [0.05, 0.1) is 30.9 Å². The Balaban J connectivity index is 2.10. The summed E-state index contributed by atoms with van der Waals surface area (Å²) in [6.45, 7) is 0.938. The summed E-state index contributed by atoms with van der Waals surface area (Å²) in [6.07, 6.45) is 4.48. The number of carbonyl (C=O) groups excluding carboxylic acids is 1. The molecule has 1 N–H and O–H groups in total. The molecule has 0 bridgehead atoms. The van der Waals surface area contributed by atoms with E-state index in [0.29, 0.717) is 19.6 Å². The highest BCUT2D eigenvalue weighted by Gasteiger charge is 2.29. The second-order valence-electron chi connectivity index (χ2n) is 4.74. The second-order valence-corrected chi connectivity index (χ2v) is 6.72. The lowest BCUT2D eigenvalue weighted by Gasteiger charge is -2.33. The molecule has 1 aromatic rings. The van der Waals surface area contributed by atoms with Gasteiger partial charge in [-0.1, -0.05) is 0 Å². The topological polar surface area (TPSA) is 93.5 Å². The molecule has 2 heterocycles. The number of hydrogen-bond acceptors (Lipinski definition) is 5. The van der Waals surface area contributed by atoms with Crippen LogP contribution in [0.4, 0.5) is 0 Å². The summed E-state index contributed by atoms with van der Waals surface area (Å²) in [5, 5.41) is 2.72. The molecule has 2 rings (SSSR count). The van der Waals surface area contributed by atoms with Gasteiger partial charge in [0.15, 0.2) is 0 Å². The predicted molar refractivity (Wildman–Crippen MR) is 71.4 cm³/mol. The van der Waals surface area contributed by atoms with E-state index in [1.807, 2.05) is 4.57 Å². The Labute approximate surface area is 117 Å². The van der Waals surface area contributed by atoms with Gasteiger partial charge in [-0.05, 0) is 0 Å². The van der Waals surface area contributed by atoms with E-state index in [9.17, 15) is 13.2 Å². The maximum Gasteiger partial charge on any atom is 0.246 e. The number of amides is 1. The molecule has 0 saturated heterocycles. The number of rotatable bonds is 5. The van der Waals surface area contributed by atoms with Crippen molar-refractivity contribution in [2.45, 2.75) is 12.6 Å². The smallest absolute Gasteiger partial charge is 0.246 e. The first kappa shape index (κ1) is 14.9. The zero-order valence-corrected chi connectivity index (χ0v) is 12.3. The molecule has 0 saturated carbocycles. The van der Waals surface area contributed by atoms with Crippen LogP contribution in [0.5, 0.6) is 0 Å². The highest BCUT2D eigenvalue weighted by molar-refractivity contribution is 7.88. The molecular weight excluding hydrogens is 284 g/mol. The van der Waals surface area contributed by atoms with Crippen LogP contribution < -0.4 is 5.32 Å². The zero-order valence-electron chi connectivity index (χ0n) is 11.4. The fraction of sp³-hybridized carbons (Fsp3) is 0.636. The first-order valence-electron chi connectivity index (χ1n) is 6.13. The molecule has 1 unspecified atom stereocenters. The molecule has 0 spiro atoms. The largest absolute Gasteiger partial charge is 0.375 e. The summed E-state index contributed by atoms with van der Waals surface area (Å²) in [5.41, 5.74) is 0.813. The number of fused-ring (bicyclic) bond motifs is 1. The Kier molecular flexibility index (Phi) is 4.41. The molecule has 0 radical (unpaired) electrons. The van der Waals surface area contributed by atoms with Crippen LogP contribution in [0.25, 0.3) is 0 Å². The lowest BCUT2D eigenvalue weighted by molar-refractivity contribution is -0.124. The lowest BCUT2D eigenvalue weighted by Crippen LogP contribution is -2.44. The van der Waals surface area contributed by atoms with E-state index in [1.165, 1.54) is 17.7 Å².